The number of benzene rings is 2. The second-order valence-corrected chi connectivity index (χ2v) is 11.2. The number of aromatic nitrogens is 1. The fourth-order valence-electron chi connectivity index (χ4n) is 4.47. The predicted molar refractivity (Wildman–Crippen MR) is 158 cm³/mol. The Balaban J connectivity index is 1.77. The van der Waals surface area contributed by atoms with Crippen molar-refractivity contribution in [3.05, 3.63) is 65.9 Å². The Bertz CT molecular complexity index is 1380. The molecule has 1 aromatic heterocycles. The minimum absolute atomic E-state index is 0.0448. The number of carbonyl (C=O) groups is 4. The minimum Gasteiger partial charge on any atom is -0.508 e. The highest BCUT2D eigenvalue weighted by Crippen LogP contribution is 2.19. The number of aromatic hydroxyl groups is 1. The van der Waals surface area contributed by atoms with Crippen LogP contribution in [0.25, 0.3) is 10.9 Å². The molecule has 0 unspecified atom stereocenters. The molecule has 0 saturated heterocycles. The van der Waals surface area contributed by atoms with Crippen molar-refractivity contribution in [3.63, 3.8) is 0 Å². The van der Waals surface area contributed by atoms with Crippen LogP contribution in [-0.2, 0) is 32.0 Å². The van der Waals surface area contributed by atoms with Gasteiger partial charge in [-0.25, -0.2) is 9.59 Å². The van der Waals surface area contributed by atoms with Crippen molar-refractivity contribution in [3.8, 4) is 5.75 Å². The number of rotatable bonds is 13. The highest BCUT2D eigenvalue weighted by molar-refractivity contribution is 5.93. The average molecular weight is 581 g/mol. The second-order valence-electron chi connectivity index (χ2n) is 11.2. The number of aromatic amines is 1. The van der Waals surface area contributed by atoms with Gasteiger partial charge in [0.05, 0.1) is 0 Å². The smallest absolute Gasteiger partial charge is 0.408 e. The summed E-state index contributed by atoms with van der Waals surface area (Å²) in [6, 6.07) is 10.3. The van der Waals surface area contributed by atoms with E-state index in [-0.39, 0.29) is 25.0 Å². The number of fused-ring (bicyclic) bond motifs is 1. The number of carbonyl (C=O) groups excluding carboxylic acids is 3. The van der Waals surface area contributed by atoms with E-state index in [2.05, 4.69) is 20.9 Å². The van der Waals surface area contributed by atoms with Crippen LogP contribution >= 0.6 is 0 Å². The summed E-state index contributed by atoms with van der Waals surface area (Å²) in [5.74, 6) is -2.42. The molecule has 42 heavy (non-hydrogen) atoms. The van der Waals surface area contributed by atoms with Crippen LogP contribution in [0.3, 0.4) is 0 Å². The molecular weight excluding hydrogens is 540 g/mol. The van der Waals surface area contributed by atoms with Gasteiger partial charge < -0.3 is 35.9 Å². The van der Waals surface area contributed by atoms with Crippen LogP contribution in [0, 0.1) is 0 Å². The largest absolute Gasteiger partial charge is 0.508 e. The molecule has 3 rings (SSSR count). The molecule has 0 aliphatic carbocycles. The Morgan fingerprint density at radius 3 is 2.17 bits per heavy atom. The van der Waals surface area contributed by atoms with E-state index < -0.39 is 47.6 Å². The fourth-order valence-corrected chi connectivity index (χ4v) is 4.47. The molecule has 1 heterocycles. The normalized spacial score (nSPS) is 13.5. The summed E-state index contributed by atoms with van der Waals surface area (Å²) < 4.78 is 5.33. The lowest BCUT2D eigenvalue weighted by atomic mass is 10.0. The fraction of sp³-hybridized carbons (Fsp3) is 0.419. The molecule has 0 fully saturated rings. The first kappa shape index (κ1) is 32.0. The Hall–Kier alpha value is -4.54. The number of hydrogen-bond donors (Lipinski definition) is 6. The van der Waals surface area contributed by atoms with Crippen molar-refractivity contribution in [1.82, 2.24) is 20.9 Å². The van der Waals surface area contributed by atoms with Gasteiger partial charge in [0.1, 0.15) is 29.5 Å². The third kappa shape index (κ3) is 9.53. The van der Waals surface area contributed by atoms with Crippen LogP contribution in [-0.4, -0.2) is 62.8 Å². The third-order valence-corrected chi connectivity index (χ3v) is 6.58. The maximum atomic E-state index is 13.5. The highest BCUT2D eigenvalue weighted by Gasteiger charge is 2.31. The molecule has 3 aromatic rings. The first-order valence-corrected chi connectivity index (χ1v) is 14.0. The predicted octanol–water partition coefficient (Wildman–Crippen LogP) is 3.80. The van der Waals surface area contributed by atoms with Gasteiger partial charge in [0.15, 0.2) is 0 Å². The number of H-pyrrole nitrogens is 1. The monoisotopic (exact) mass is 580 g/mol. The van der Waals surface area contributed by atoms with Gasteiger partial charge in [-0.15, -0.1) is 0 Å². The van der Waals surface area contributed by atoms with E-state index in [1.165, 1.54) is 12.1 Å². The molecule has 11 heteroatoms. The van der Waals surface area contributed by atoms with Crippen LogP contribution < -0.4 is 16.0 Å². The number of ether oxygens (including phenoxy) is 1. The van der Waals surface area contributed by atoms with Gasteiger partial charge in [-0.1, -0.05) is 50.1 Å². The first-order valence-electron chi connectivity index (χ1n) is 14.0. The van der Waals surface area contributed by atoms with Crippen molar-refractivity contribution in [1.29, 1.82) is 0 Å². The number of phenolic OH excluding ortho intramolecular Hbond substituents is 1. The lowest BCUT2D eigenvalue weighted by molar-refractivity contribution is -0.142. The van der Waals surface area contributed by atoms with Crippen LogP contribution in [0.4, 0.5) is 4.79 Å². The standard InChI is InChI=1S/C31H40N4O7/c1-5-6-10-24(27(37)34-26(29(39)40)17-20-18-32-23-11-8-7-9-22(20)23)33-28(38)25(35-30(41)42-31(2,3)4)16-19-12-14-21(36)15-13-19/h7-9,11-15,18,24-26,32,36H,5-6,10,16-17H2,1-4H3,(H,33,38)(H,34,37)(H,35,41)(H,39,40)/t24-,25+,26+/m1/s1. The SMILES string of the molecule is CCCC[C@@H](NC(=O)[C@H](Cc1ccc(O)cc1)NC(=O)OC(C)(C)C)C(=O)N[C@@H](Cc1c[nH]c2ccccc12)C(=O)O. The lowest BCUT2D eigenvalue weighted by Crippen LogP contribution is -2.56. The number of aliphatic carboxylic acids is 1. The van der Waals surface area contributed by atoms with Crippen molar-refractivity contribution in [2.24, 2.45) is 0 Å². The molecule has 6 N–H and O–H groups in total. The van der Waals surface area contributed by atoms with E-state index in [1.54, 1.807) is 39.1 Å². The van der Waals surface area contributed by atoms with Crippen LogP contribution in [0.2, 0.25) is 0 Å². The summed E-state index contributed by atoms with van der Waals surface area (Å²) in [5, 5.41) is 28.3. The van der Waals surface area contributed by atoms with Gasteiger partial charge in [0.25, 0.3) is 0 Å². The summed E-state index contributed by atoms with van der Waals surface area (Å²) >= 11 is 0. The summed E-state index contributed by atoms with van der Waals surface area (Å²) in [4.78, 5) is 54.7. The molecular formula is C31H40N4O7. The zero-order valence-corrected chi connectivity index (χ0v) is 24.4. The highest BCUT2D eigenvalue weighted by atomic mass is 16.6. The first-order chi connectivity index (χ1) is 19.9. The minimum atomic E-state index is -1.23. The Kier molecular flexibility index (Phi) is 11.0. The van der Waals surface area contributed by atoms with Crippen molar-refractivity contribution in [2.45, 2.75) is 83.5 Å². The maximum absolute atomic E-state index is 13.5. The molecule has 11 nitrogen and oxygen atoms in total. The van der Waals surface area contributed by atoms with Crippen molar-refractivity contribution >= 4 is 34.8 Å². The van der Waals surface area contributed by atoms with Gasteiger partial charge in [-0.3, -0.25) is 9.59 Å². The summed E-state index contributed by atoms with van der Waals surface area (Å²) in [6.07, 6.45) is 2.63. The van der Waals surface area contributed by atoms with Crippen molar-refractivity contribution in [2.75, 3.05) is 0 Å². The number of nitrogens with one attached hydrogen (secondary N) is 4. The number of para-hydroxylation sites is 1. The topological polar surface area (TPSA) is 170 Å². The van der Waals surface area contributed by atoms with Gasteiger partial charge >= 0.3 is 12.1 Å². The zero-order valence-electron chi connectivity index (χ0n) is 24.4. The molecule has 0 spiro atoms. The number of alkyl carbamates (subject to hydrolysis) is 1. The lowest BCUT2D eigenvalue weighted by Gasteiger charge is -2.26. The number of hydrogen-bond acceptors (Lipinski definition) is 6. The molecule has 226 valence electrons. The molecule has 0 saturated carbocycles. The van der Waals surface area contributed by atoms with Crippen LogP contribution in [0.15, 0.2) is 54.7 Å². The number of unbranched alkanes of at least 4 members (excludes halogenated alkanes) is 1. The van der Waals surface area contributed by atoms with E-state index in [9.17, 15) is 29.4 Å². The Morgan fingerprint density at radius 2 is 1.52 bits per heavy atom. The molecule has 2 aromatic carbocycles. The average Bonchev–Trinajstić information content (AvgIpc) is 3.33. The number of carboxylic acids is 1. The molecule has 3 atom stereocenters. The van der Waals surface area contributed by atoms with Crippen LogP contribution in [0.5, 0.6) is 5.75 Å². The zero-order chi connectivity index (χ0) is 30.9. The number of phenols is 1. The van der Waals surface area contributed by atoms with Crippen LogP contribution in [0.1, 0.15) is 58.1 Å². The van der Waals surface area contributed by atoms with Gasteiger partial charge in [0, 0.05) is 29.9 Å². The van der Waals surface area contributed by atoms with E-state index in [4.69, 9.17) is 4.74 Å². The number of carboxylic acid groups (broad SMARTS) is 1. The number of amides is 3. The second kappa shape index (κ2) is 14.4. The van der Waals surface area contributed by atoms with E-state index >= 15 is 0 Å². The molecule has 3 amide bonds. The summed E-state index contributed by atoms with van der Waals surface area (Å²) in [7, 11) is 0. The molecule has 0 aliphatic heterocycles. The quantitative estimate of drug-likeness (QED) is 0.179. The molecule has 0 bridgehead atoms. The maximum Gasteiger partial charge on any atom is 0.408 e. The van der Waals surface area contributed by atoms with Gasteiger partial charge in [0.2, 0.25) is 11.8 Å². The summed E-state index contributed by atoms with van der Waals surface area (Å²) in [5.41, 5.74) is 1.45. The van der Waals surface area contributed by atoms with E-state index in [0.29, 0.717) is 12.0 Å². The van der Waals surface area contributed by atoms with Gasteiger partial charge in [-0.2, -0.15) is 0 Å². The van der Waals surface area contributed by atoms with Crippen molar-refractivity contribution < 1.29 is 34.1 Å². The molecule has 0 radical (unpaired) electrons. The summed E-state index contributed by atoms with van der Waals surface area (Å²) in [6.45, 7) is 7.03. The Labute approximate surface area is 245 Å². The van der Waals surface area contributed by atoms with E-state index in [1.807, 2.05) is 31.2 Å². The Morgan fingerprint density at radius 1 is 0.881 bits per heavy atom. The molecule has 0 aliphatic rings. The van der Waals surface area contributed by atoms with Gasteiger partial charge in [-0.05, 0) is 56.5 Å². The third-order valence-electron chi connectivity index (χ3n) is 6.58. The van der Waals surface area contributed by atoms with E-state index in [0.717, 1.165) is 22.9 Å².